The molecule has 0 fully saturated rings. The normalized spacial score (nSPS) is 19.4. The maximum Gasteiger partial charge on any atom is 0.268 e. The summed E-state index contributed by atoms with van der Waals surface area (Å²) in [5.41, 5.74) is 2.28. The van der Waals surface area contributed by atoms with Crippen LogP contribution in [0.3, 0.4) is 0 Å². The van der Waals surface area contributed by atoms with Gasteiger partial charge in [0.2, 0.25) is 0 Å². The second-order valence-electron chi connectivity index (χ2n) is 6.13. The molecule has 1 heterocycles. The number of benzene rings is 1. The summed E-state index contributed by atoms with van der Waals surface area (Å²) in [6, 6.07) is 9.44. The number of aliphatic hydroxyl groups excluding tert-OH is 1. The fourth-order valence-corrected chi connectivity index (χ4v) is 3.29. The van der Waals surface area contributed by atoms with Gasteiger partial charge in [0.1, 0.15) is 5.69 Å². The second kappa shape index (κ2) is 5.66. The molecule has 0 spiro atoms. The molecule has 2 N–H and O–H groups in total. The number of rotatable bonds is 4. The largest absolute Gasteiger partial charge is 0.394 e. The minimum Gasteiger partial charge on any atom is -0.394 e. The van der Waals surface area contributed by atoms with Crippen LogP contribution in [0.15, 0.2) is 36.5 Å². The number of carbonyl (C=O) groups is 2. The van der Waals surface area contributed by atoms with Crippen molar-refractivity contribution < 1.29 is 14.7 Å². The molecule has 120 valence electrons. The maximum atomic E-state index is 12.7. The fourth-order valence-electron chi connectivity index (χ4n) is 3.29. The molecule has 1 aromatic heterocycles. The molecule has 1 amide bonds. The van der Waals surface area contributed by atoms with Crippen molar-refractivity contribution in [3.63, 3.8) is 0 Å². The zero-order valence-electron chi connectivity index (χ0n) is 13.3. The van der Waals surface area contributed by atoms with Gasteiger partial charge in [-0.25, -0.2) is 0 Å². The quantitative estimate of drug-likeness (QED) is 0.846. The van der Waals surface area contributed by atoms with Crippen LogP contribution >= 0.6 is 0 Å². The van der Waals surface area contributed by atoms with Crippen LogP contribution in [-0.2, 0) is 19.0 Å². The molecule has 0 bridgehead atoms. The van der Waals surface area contributed by atoms with Crippen molar-refractivity contribution in [2.24, 2.45) is 7.05 Å². The zero-order valence-corrected chi connectivity index (χ0v) is 13.3. The molecule has 23 heavy (non-hydrogen) atoms. The third kappa shape index (κ3) is 2.57. The average molecular weight is 312 g/mol. The highest BCUT2D eigenvalue weighted by Gasteiger charge is 2.39. The first-order chi connectivity index (χ1) is 11.0. The lowest BCUT2D eigenvalue weighted by molar-refractivity contribution is 0.0820. The molecule has 3 rings (SSSR count). The number of fused-ring (bicyclic) bond motifs is 1. The number of nitrogens with zero attached hydrogens (tertiary/aromatic N) is 1. The van der Waals surface area contributed by atoms with Gasteiger partial charge in [0, 0.05) is 18.8 Å². The topological polar surface area (TPSA) is 71.3 Å². The Morgan fingerprint density at radius 1 is 1.35 bits per heavy atom. The Morgan fingerprint density at radius 3 is 2.74 bits per heavy atom. The number of ketones is 1. The lowest BCUT2D eigenvalue weighted by atomic mass is 9.92. The van der Waals surface area contributed by atoms with Crippen LogP contribution in [0.5, 0.6) is 0 Å². The predicted octanol–water partition coefficient (Wildman–Crippen LogP) is 1.79. The number of aliphatic hydroxyl groups is 1. The Morgan fingerprint density at radius 2 is 2.09 bits per heavy atom. The third-order valence-electron chi connectivity index (χ3n) is 4.62. The summed E-state index contributed by atoms with van der Waals surface area (Å²) in [7, 11) is 1.73. The van der Waals surface area contributed by atoms with Crippen LogP contribution in [0.1, 0.15) is 45.3 Å². The van der Waals surface area contributed by atoms with Crippen molar-refractivity contribution in [1.82, 2.24) is 9.88 Å². The Kier molecular flexibility index (Phi) is 3.82. The SMILES string of the molecule is CC(=O)c1cc(C(=O)N[C@@]2(CO)CCc3ccccc32)n(C)c1. The monoisotopic (exact) mass is 312 g/mol. The Bertz CT molecular complexity index is 778. The first-order valence-corrected chi connectivity index (χ1v) is 7.66. The van der Waals surface area contributed by atoms with E-state index in [1.54, 1.807) is 23.9 Å². The number of nitrogens with one attached hydrogen (secondary N) is 1. The van der Waals surface area contributed by atoms with Crippen molar-refractivity contribution in [3.8, 4) is 0 Å². The van der Waals surface area contributed by atoms with Crippen molar-refractivity contribution in [2.45, 2.75) is 25.3 Å². The zero-order chi connectivity index (χ0) is 16.6. The van der Waals surface area contributed by atoms with E-state index in [-0.39, 0.29) is 18.3 Å². The molecule has 0 saturated heterocycles. The molecule has 0 aliphatic heterocycles. The highest BCUT2D eigenvalue weighted by Crippen LogP contribution is 2.36. The van der Waals surface area contributed by atoms with Crippen molar-refractivity contribution in [1.29, 1.82) is 0 Å². The van der Waals surface area contributed by atoms with Gasteiger partial charge < -0.3 is 15.0 Å². The van der Waals surface area contributed by atoms with E-state index in [2.05, 4.69) is 5.32 Å². The number of aromatic nitrogens is 1. The molecule has 1 aliphatic carbocycles. The van der Waals surface area contributed by atoms with Gasteiger partial charge in [-0.3, -0.25) is 9.59 Å². The number of hydrogen-bond acceptors (Lipinski definition) is 3. The Labute approximate surface area is 134 Å². The smallest absolute Gasteiger partial charge is 0.268 e. The van der Waals surface area contributed by atoms with Crippen molar-refractivity contribution in [2.75, 3.05) is 6.61 Å². The summed E-state index contributed by atoms with van der Waals surface area (Å²) >= 11 is 0. The van der Waals surface area contributed by atoms with Crippen molar-refractivity contribution in [3.05, 3.63) is 58.9 Å². The highest BCUT2D eigenvalue weighted by atomic mass is 16.3. The number of amides is 1. The Hall–Kier alpha value is -2.40. The standard InChI is InChI=1S/C18H20N2O3/c1-12(22)14-9-16(20(2)10-14)17(23)19-18(11-21)8-7-13-5-3-4-6-15(13)18/h3-6,9-10,21H,7-8,11H2,1-2H3,(H,19,23)/t18-/m1/s1. The van der Waals surface area contributed by atoms with Gasteiger partial charge in [-0.1, -0.05) is 24.3 Å². The molecule has 0 saturated carbocycles. The summed E-state index contributed by atoms with van der Waals surface area (Å²) in [6.45, 7) is 1.32. The summed E-state index contributed by atoms with van der Waals surface area (Å²) in [4.78, 5) is 24.2. The summed E-state index contributed by atoms with van der Waals surface area (Å²) in [5.74, 6) is -0.367. The Balaban J connectivity index is 1.92. The van der Waals surface area contributed by atoms with Crippen LogP contribution in [0.25, 0.3) is 0 Å². The van der Waals surface area contributed by atoms with Crippen molar-refractivity contribution >= 4 is 11.7 Å². The van der Waals surface area contributed by atoms with Crippen LogP contribution in [0.4, 0.5) is 0 Å². The van der Waals surface area contributed by atoms with E-state index < -0.39 is 5.54 Å². The van der Waals surface area contributed by atoms with E-state index in [1.807, 2.05) is 24.3 Å². The van der Waals surface area contributed by atoms with E-state index in [4.69, 9.17) is 0 Å². The summed E-state index contributed by atoms with van der Waals surface area (Å²) < 4.78 is 1.64. The molecular formula is C18H20N2O3. The van der Waals surface area contributed by atoms with Gasteiger partial charge in [-0.2, -0.15) is 0 Å². The highest BCUT2D eigenvalue weighted by molar-refractivity contribution is 5.99. The molecule has 2 aromatic rings. The first kappa shape index (κ1) is 15.5. The van der Waals surface area contributed by atoms with Gasteiger partial charge in [0.05, 0.1) is 12.1 Å². The second-order valence-corrected chi connectivity index (χ2v) is 6.13. The molecule has 1 aliphatic rings. The first-order valence-electron chi connectivity index (χ1n) is 7.66. The fraction of sp³-hybridized carbons (Fsp3) is 0.333. The molecule has 5 heteroatoms. The molecular weight excluding hydrogens is 292 g/mol. The van der Waals surface area contributed by atoms with E-state index in [0.29, 0.717) is 17.7 Å². The van der Waals surface area contributed by atoms with E-state index in [9.17, 15) is 14.7 Å². The molecule has 5 nitrogen and oxygen atoms in total. The summed E-state index contributed by atoms with van der Waals surface area (Å²) in [5, 5.41) is 12.9. The van der Waals surface area contributed by atoms with E-state index in [1.165, 1.54) is 6.92 Å². The third-order valence-corrected chi connectivity index (χ3v) is 4.62. The number of carbonyl (C=O) groups excluding carboxylic acids is 2. The van der Waals surface area contributed by atoms with Gasteiger partial charge in [0.25, 0.3) is 5.91 Å². The minimum absolute atomic E-state index is 0.0808. The van der Waals surface area contributed by atoms with Gasteiger partial charge in [0.15, 0.2) is 5.78 Å². The lowest BCUT2D eigenvalue weighted by Gasteiger charge is -2.29. The van der Waals surface area contributed by atoms with Crippen LogP contribution in [0.2, 0.25) is 0 Å². The van der Waals surface area contributed by atoms with Crippen LogP contribution in [-0.4, -0.2) is 28.0 Å². The number of hydrogen-bond donors (Lipinski definition) is 2. The molecule has 1 atom stereocenters. The molecule has 0 radical (unpaired) electrons. The lowest BCUT2D eigenvalue weighted by Crippen LogP contribution is -2.47. The van der Waals surface area contributed by atoms with Gasteiger partial charge >= 0.3 is 0 Å². The summed E-state index contributed by atoms with van der Waals surface area (Å²) in [6.07, 6.45) is 3.13. The number of aryl methyl sites for hydroxylation is 2. The van der Waals surface area contributed by atoms with Gasteiger partial charge in [-0.15, -0.1) is 0 Å². The maximum absolute atomic E-state index is 12.7. The van der Waals surface area contributed by atoms with Crippen LogP contribution < -0.4 is 5.32 Å². The predicted molar refractivity (Wildman–Crippen MR) is 86.4 cm³/mol. The average Bonchev–Trinajstić information content (AvgIpc) is 3.10. The number of Topliss-reactive ketones (excluding diaryl/α,β-unsaturated/α-hetero) is 1. The molecule has 1 aromatic carbocycles. The van der Waals surface area contributed by atoms with Gasteiger partial charge in [-0.05, 0) is 37.0 Å². The van der Waals surface area contributed by atoms with Crippen LogP contribution in [0, 0.1) is 0 Å². The van der Waals surface area contributed by atoms with E-state index in [0.717, 1.165) is 17.5 Å². The minimum atomic E-state index is -0.756. The van der Waals surface area contributed by atoms with E-state index >= 15 is 0 Å². The molecule has 0 unspecified atom stereocenters.